The van der Waals surface area contributed by atoms with Crippen LogP contribution in [0.1, 0.15) is 24.8 Å². The molecule has 2 heterocycles. The first kappa shape index (κ1) is 16.8. The summed E-state index contributed by atoms with van der Waals surface area (Å²) in [7, 11) is 1.91. The van der Waals surface area contributed by atoms with E-state index in [0.29, 0.717) is 18.4 Å². The minimum atomic E-state index is -0.508. The molecule has 2 aromatic rings. The van der Waals surface area contributed by atoms with Crippen LogP contribution in [0.3, 0.4) is 0 Å². The first-order valence-electron chi connectivity index (χ1n) is 9.17. The lowest BCUT2D eigenvalue weighted by molar-refractivity contribution is -0.124. The van der Waals surface area contributed by atoms with Crippen molar-refractivity contribution in [2.24, 2.45) is 13.0 Å². The Morgan fingerprint density at radius 3 is 2.77 bits per heavy atom. The molecule has 0 spiro atoms. The van der Waals surface area contributed by atoms with Gasteiger partial charge in [-0.1, -0.05) is 24.3 Å². The number of rotatable bonds is 5. The van der Waals surface area contributed by atoms with Crippen molar-refractivity contribution < 1.29 is 4.79 Å². The Morgan fingerprint density at radius 1 is 1.38 bits per heavy atom. The fourth-order valence-corrected chi connectivity index (χ4v) is 4.25. The van der Waals surface area contributed by atoms with Crippen LogP contribution in [0.4, 0.5) is 0 Å². The lowest BCUT2D eigenvalue weighted by atomic mass is 9.98. The number of carbonyl (C=O) groups is 1. The van der Waals surface area contributed by atoms with Crippen LogP contribution in [-0.4, -0.2) is 33.8 Å². The van der Waals surface area contributed by atoms with Gasteiger partial charge >= 0.3 is 0 Å². The SMILES string of the molecule is Cn1nccc1-c1ccc(C[C@@H](C#N)NC(=O)C2NC3CCC2C3)cc1. The fourth-order valence-electron chi connectivity index (χ4n) is 4.25. The summed E-state index contributed by atoms with van der Waals surface area (Å²) in [6.07, 6.45) is 5.65. The molecule has 2 aliphatic rings. The highest BCUT2D eigenvalue weighted by molar-refractivity contribution is 5.83. The Bertz CT molecular complexity index is 835. The summed E-state index contributed by atoms with van der Waals surface area (Å²) in [4.78, 5) is 12.5. The second kappa shape index (κ2) is 6.93. The topological polar surface area (TPSA) is 82.7 Å². The van der Waals surface area contributed by atoms with E-state index < -0.39 is 6.04 Å². The summed E-state index contributed by atoms with van der Waals surface area (Å²) in [6.45, 7) is 0. The van der Waals surface area contributed by atoms with Gasteiger partial charge in [-0.3, -0.25) is 9.48 Å². The number of benzene rings is 1. The molecule has 1 amide bonds. The number of nitriles is 1. The molecule has 0 radical (unpaired) electrons. The van der Waals surface area contributed by atoms with E-state index in [1.807, 2.05) is 42.1 Å². The number of piperidine rings is 1. The highest BCUT2D eigenvalue weighted by Crippen LogP contribution is 2.35. The summed E-state index contributed by atoms with van der Waals surface area (Å²) in [6, 6.07) is 12.1. The zero-order valence-corrected chi connectivity index (χ0v) is 14.9. The number of hydrogen-bond acceptors (Lipinski definition) is 4. The highest BCUT2D eigenvalue weighted by atomic mass is 16.2. The molecule has 2 bridgehead atoms. The van der Waals surface area contributed by atoms with Gasteiger partial charge in [0, 0.05) is 25.7 Å². The van der Waals surface area contributed by atoms with Crippen molar-refractivity contribution in [2.45, 2.75) is 43.8 Å². The molecule has 134 valence electrons. The molecule has 6 heteroatoms. The van der Waals surface area contributed by atoms with E-state index >= 15 is 0 Å². The van der Waals surface area contributed by atoms with Crippen LogP contribution in [-0.2, 0) is 18.3 Å². The van der Waals surface area contributed by atoms with E-state index in [0.717, 1.165) is 29.7 Å². The van der Waals surface area contributed by atoms with Crippen molar-refractivity contribution >= 4 is 5.91 Å². The van der Waals surface area contributed by atoms with E-state index in [4.69, 9.17) is 0 Å². The first-order chi connectivity index (χ1) is 12.6. The molecule has 1 aliphatic heterocycles. The minimum Gasteiger partial charge on any atom is -0.339 e. The Kier molecular flexibility index (Phi) is 4.48. The smallest absolute Gasteiger partial charge is 0.238 e. The van der Waals surface area contributed by atoms with Crippen LogP contribution in [0.5, 0.6) is 0 Å². The van der Waals surface area contributed by atoms with Crippen LogP contribution in [0.25, 0.3) is 11.3 Å². The third kappa shape index (κ3) is 3.23. The number of aryl methyl sites for hydroxylation is 1. The molecule has 1 aliphatic carbocycles. The Hall–Kier alpha value is -2.65. The Morgan fingerprint density at radius 2 is 2.19 bits per heavy atom. The Balaban J connectivity index is 1.38. The summed E-state index contributed by atoms with van der Waals surface area (Å²) >= 11 is 0. The molecule has 4 rings (SSSR count). The molecule has 1 saturated carbocycles. The van der Waals surface area contributed by atoms with Gasteiger partial charge in [-0.25, -0.2) is 0 Å². The van der Waals surface area contributed by atoms with Gasteiger partial charge in [-0.15, -0.1) is 0 Å². The Labute approximate surface area is 153 Å². The molecule has 4 atom stereocenters. The highest BCUT2D eigenvalue weighted by Gasteiger charge is 2.42. The van der Waals surface area contributed by atoms with E-state index in [9.17, 15) is 10.1 Å². The molecule has 1 aromatic carbocycles. The molecule has 2 fully saturated rings. The van der Waals surface area contributed by atoms with Gasteiger partial charge < -0.3 is 10.6 Å². The number of hydrogen-bond donors (Lipinski definition) is 2. The van der Waals surface area contributed by atoms with E-state index in [2.05, 4.69) is 21.8 Å². The van der Waals surface area contributed by atoms with Crippen molar-refractivity contribution in [2.75, 3.05) is 0 Å². The summed E-state index contributed by atoms with van der Waals surface area (Å²) in [5.41, 5.74) is 3.16. The molecule has 1 aromatic heterocycles. The van der Waals surface area contributed by atoms with Crippen LogP contribution < -0.4 is 10.6 Å². The minimum absolute atomic E-state index is 0.0322. The lowest BCUT2D eigenvalue weighted by Gasteiger charge is -2.23. The second-order valence-corrected chi connectivity index (χ2v) is 7.35. The average Bonchev–Trinajstić information content (AvgIpc) is 3.38. The second-order valence-electron chi connectivity index (χ2n) is 7.35. The zero-order chi connectivity index (χ0) is 18.1. The van der Waals surface area contributed by atoms with Crippen LogP contribution >= 0.6 is 0 Å². The number of aromatic nitrogens is 2. The van der Waals surface area contributed by atoms with Gasteiger partial charge in [0.25, 0.3) is 0 Å². The van der Waals surface area contributed by atoms with Crippen LogP contribution in [0.15, 0.2) is 36.5 Å². The van der Waals surface area contributed by atoms with Gasteiger partial charge in [-0.05, 0) is 42.4 Å². The maximum atomic E-state index is 12.5. The number of nitrogens with one attached hydrogen (secondary N) is 2. The summed E-state index contributed by atoms with van der Waals surface area (Å²) < 4.78 is 1.83. The molecule has 2 N–H and O–H groups in total. The van der Waals surface area contributed by atoms with Gasteiger partial charge in [0.1, 0.15) is 6.04 Å². The average molecular weight is 349 g/mol. The maximum Gasteiger partial charge on any atom is 0.238 e. The van der Waals surface area contributed by atoms with Gasteiger partial charge in [0.05, 0.1) is 17.8 Å². The summed E-state index contributed by atoms with van der Waals surface area (Å²) in [5, 5.41) is 19.9. The van der Waals surface area contributed by atoms with Gasteiger partial charge in [-0.2, -0.15) is 10.4 Å². The van der Waals surface area contributed by atoms with Crippen molar-refractivity contribution in [3.05, 3.63) is 42.1 Å². The number of amides is 1. The van der Waals surface area contributed by atoms with E-state index in [-0.39, 0.29) is 11.9 Å². The molecule has 26 heavy (non-hydrogen) atoms. The maximum absolute atomic E-state index is 12.5. The van der Waals surface area contributed by atoms with Gasteiger partial charge in [0.2, 0.25) is 5.91 Å². The standard InChI is InChI=1S/C20H23N5O/c1-25-18(8-9-22-25)14-4-2-13(3-5-14)10-17(12-21)24-20(26)19-15-6-7-16(11-15)23-19/h2-5,8-9,15-17,19,23H,6-7,10-11H2,1H3,(H,24,26)/t15?,16?,17-,19?/m0/s1. The number of carbonyl (C=O) groups excluding carboxylic acids is 1. The first-order valence-corrected chi connectivity index (χ1v) is 9.17. The van der Waals surface area contributed by atoms with E-state index in [1.54, 1.807) is 6.20 Å². The molecule has 6 nitrogen and oxygen atoms in total. The third-order valence-electron chi connectivity index (χ3n) is 5.63. The van der Waals surface area contributed by atoms with Crippen molar-refractivity contribution in [1.82, 2.24) is 20.4 Å². The fraction of sp³-hybridized carbons (Fsp3) is 0.450. The predicted octanol–water partition coefficient (Wildman–Crippen LogP) is 1.78. The molecule has 3 unspecified atom stereocenters. The molecular weight excluding hydrogens is 326 g/mol. The lowest BCUT2D eigenvalue weighted by Crippen LogP contribution is -2.50. The normalized spacial score (nSPS) is 25.0. The predicted molar refractivity (Wildman–Crippen MR) is 97.9 cm³/mol. The van der Waals surface area contributed by atoms with Crippen molar-refractivity contribution in [3.8, 4) is 17.3 Å². The van der Waals surface area contributed by atoms with Crippen LogP contribution in [0.2, 0.25) is 0 Å². The largest absolute Gasteiger partial charge is 0.339 e. The van der Waals surface area contributed by atoms with Crippen molar-refractivity contribution in [3.63, 3.8) is 0 Å². The summed E-state index contributed by atoms with van der Waals surface area (Å²) in [5.74, 6) is 0.396. The number of fused-ring (bicyclic) bond motifs is 2. The molecule has 1 saturated heterocycles. The monoisotopic (exact) mass is 349 g/mol. The van der Waals surface area contributed by atoms with Crippen LogP contribution in [0, 0.1) is 17.2 Å². The van der Waals surface area contributed by atoms with Gasteiger partial charge in [0.15, 0.2) is 0 Å². The van der Waals surface area contributed by atoms with E-state index in [1.165, 1.54) is 6.42 Å². The zero-order valence-electron chi connectivity index (χ0n) is 14.9. The molecular formula is C20H23N5O. The van der Waals surface area contributed by atoms with Crippen molar-refractivity contribution in [1.29, 1.82) is 5.26 Å². The number of nitrogens with zero attached hydrogens (tertiary/aromatic N) is 3. The third-order valence-corrected chi connectivity index (χ3v) is 5.63. The quantitative estimate of drug-likeness (QED) is 0.862.